The van der Waals surface area contributed by atoms with Crippen molar-refractivity contribution in [2.75, 3.05) is 13.2 Å². The molecule has 0 aromatic rings. The summed E-state index contributed by atoms with van der Waals surface area (Å²) in [6.07, 6.45) is 4.82. The van der Waals surface area contributed by atoms with Crippen LogP contribution in [0.1, 0.15) is 0 Å². The van der Waals surface area contributed by atoms with Gasteiger partial charge in [-0.05, 0) is 0 Å². The van der Waals surface area contributed by atoms with E-state index in [0.29, 0.717) is 0 Å². The Morgan fingerprint density at radius 1 is 1.89 bits per heavy atom. The van der Waals surface area contributed by atoms with Crippen molar-refractivity contribution in [1.82, 2.24) is 5.43 Å². The summed E-state index contributed by atoms with van der Waals surface area (Å²) in [4.78, 5) is 10.3. The van der Waals surface area contributed by atoms with Gasteiger partial charge in [0.25, 0.3) is 5.91 Å². The molecule has 3 N–H and O–H groups in total. The highest BCUT2D eigenvalue weighted by molar-refractivity contribution is 5.76. The van der Waals surface area contributed by atoms with Crippen LogP contribution in [0.25, 0.3) is 0 Å². The fraction of sp³-hybridized carbons (Fsp3) is 0.400. The molecule has 0 aromatic heterocycles. The number of terminal acetylenes is 1. The lowest BCUT2D eigenvalue weighted by atomic mass is 10.6. The molecular formula is C5H8N2O2. The van der Waals surface area contributed by atoms with Gasteiger partial charge >= 0.3 is 0 Å². The third-order valence-electron chi connectivity index (χ3n) is 0.580. The van der Waals surface area contributed by atoms with E-state index in [2.05, 4.69) is 10.7 Å². The molecule has 0 spiro atoms. The van der Waals surface area contributed by atoms with E-state index in [1.165, 1.54) is 0 Å². The molecule has 1 amide bonds. The molecule has 0 fully saturated rings. The highest BCUT2D eigenvalue weighted by Crippen LogP contribution is 1.69. The predicted octanol–water partition coefficient (Wildman–Crippen LogP) is -1.37. The second kappa shape index (κ2) is 5.09. The number of carbonyl (C=O) groups is 1. The average molecular weight is 128 g/mol. The lowest BCUT2D eigenvalue weighted by molar-refractivity contribution is -0.125. The molecule has 0 heterocycles. The molecule has 4 heteroatoms. The minimum Gasteiger partial charge on any atom is -0.359 e. The number of ether oxygens (including phenoxy) is 1. The predicted molar refractivity (Wildman–Crippen MR) is 32.0 cm³/mol. The molecule has 4 nitrogen and oxygen atoms in total. The van der Waals surface area contributed by atoms with E-state index < -0.39 is 0 Å². The smallest absolute Gasteiger partial charge is 0.259 e. The number of hydrogen-bond donors (Lipinski definition) is 2. The van der Waals surface area contributed by atoms with Gasteiger partial charge in [0.2, 0.25) is 0 Å². The van der Waals surface area contributed by atoms with Crippen LogP contribution in [0, 0.1) is 12.3 Å². The summed E-state index contributed by atoms with van der Waals surface area (Å²) in [6.45, 7) is 0.0497. The van der Waals surface area contributed by atoms with Crippen LogP contribution in [-0.4, -0.2) is 19.1 Å². The number of nitrogens with two attached hydrogens (primary N) is 1. The molecule has 0 aliphatic heterocycles. The Morgan fingerprint density at radius 3 is 3.00 bits per heavy atom. The summed E-state index contributed by atoms with van der Waals surface area (Å²) in [5.74, 6) is 6.54. The van der Waals surface area contributed by atoms with E-state index in [1.807, 2.05) is 5.43 Å². The van der Waals surface area contributed by atoms with Gasteiger partial charge in [0, 0.05) is 0 Å². The number of carbonyl (C=O) groups excluding carboxylic acids is 1. The molecule has 0 atom stereocenters. The first-order valence-corrected chi connectivity index (χ1v) is 2.32. The zero-order chi connectivity index (χ0) is 7.11. The van der Waals surface area contributed by atoms with Gasteiger partial charge in [-0.15, -0.1) is 6.42 Å². The van der Waals surface area contributed by atoms with Gasteiger partial charge in [-0.25, -0.2) is 5.84 Å². The van der Waals surface area contributed by atoms with Crippen LogP contribution in [0.15, 0.2) is 0 Å². The highest BCUT2D eigenvalue weighted by atomic mass is 16.5. The lowest BCUT2D eigenvalue weighted by Gasteiger charge is -1.96. The number of hydrazine groups is 1. The fourth-order valence-electron chi connectivity index (χ4n) is 0.244. The quantitative estimate of drug-likeness (QED) is 0.162. The van der Waals surface area contributed by atoms with Crippen LogP contribution in [-0.2, 0) is 9.53 Å². The Hall–Kier alpha value is -1.05. The Bertz CT molecular complexity index is 127. The maximum atomic E-state index is 10.3. The molecule has 0 bridgehead atoms. The van der Waals surface area contributed by atoms with Crippen molar-refractivity contribution in [3.05, 3.63) is 0 Å². The van der Waals surface area contributed by atoms with E-state index in [4.69, 9.17) is 12.3 Å². The summed E-state index contributed by atoms with van der Waals surface area (Å²) in [5.41, 5.74) is 1.89. The second-order valence-electron chi connectivity index (χ2n) is 1.26. The summed E-state index contributed by atoms with van der Waals surface area (Å²) in [5, 5.41) is 0. The SMILES string of the molecule is C#CCOCC(=O)NN. The van der Waals surface area contributed by atoms with Crippen molar-refractivity contribution < 1.29 is 9.53 Å². The monoisotopic (exact) mass is 128 g/mol. The number of hydrogen-bond acceptors (Lipinski definition) is 3. The van der Waals surface area contributed by atoms with E-state index in [0.717, 1.165) is 0 Å². The Labute approximate surface area is 53.3 Å². The van der Waals surface area contributed by atoms with Gasteiger partial charge < -0.3 is 4.74 Å². The Kier molecular flexibility index (Phi) is 4.50. The van der Waals surface area contributed by atoms with Gasteiger partial charge in [0.15, 0.2) is 0 Å². The Morgan fingerprint density at radius 2 is 2.56 bits per heavy atom. The van der Waals surface area contributed by atoms with Gasteiger partial charge in [-0.2, -0.15) is 0 Å². The third kappa shape index (κ3) is 4.81. The molecule has 0 aliphatic rings. The number of amides is 1. The molecule has 0 aliphatic carbocycles. The molecule has 0 radical (unpaired) electrons. The molecule has 50 valence electrons. The van der Waals surface area contributed by atoms with Crippen LogP contribution in [0.4, 0.5) is 0 Å². The molecule has 0 aromatic carbocycles. The first-order valence-electron chi connectivity index (χ1n) is 2.32. The molecule has 9 heavy (non-hydrogen) atoms. The zero-order valence-corrected chi connectivity index (χ0v) is 4.89. The van der Waals surface area contributed by atoms with Crippen LogP contribution in [0.2, 0.25) is 0 Å². The minimum atomic E-state index is -0.384. The van der Waals surface area contributed by atoms with Crippen LogP contribution in [0.5, 0.6) is 0 Å². The van der Waals surface area contributed by atoms with E-state index in [9.17, 15) is 4.79 Å². The largest absolute Gasteiger partial charge is 0.359 e. The van der Waals surface area contributed by atoms with E-state index in [1.54, 1.807) is 0 Å². The first-order chi connectivity index (χ1) is 4.31. The summed E-state index contributed by atoms with van der Waals surface area (Å²) in [6, 6.07) is 0. The van der Waals surface area contributed by atoms with Gasteiger partial charge in [-0.3, -0.25) is 10.2 Å². The van der Waals surface area contributed by atoms with Crippen molar-refractivity contribution in [3.63, 3.8) is 0 Å². The van der Waals surface area contributed by atoms with Crippen molar-refractivity contribution in [2.24, 2.45) is 5.84 Å². The summed E-state index contributed by atoms with van der Waals surface area (Å²) < 4.78 is 4.61. The standard InChI is InChI=1S/C5H8N2O2/c1-2-3-9-4-5(8)7-6/h1H,3-4,6H2,(H,7,8). The van der Waals surface area contributed by atoms with Crippen molar-refractivity contribution >= 4 is 5.91 Å². The van der Waals surface area contributed by atoms with Gasteiger partial charge in [-0.1, -0.05) is 5.92 Å². The van der Waals surface area contributed by atoms with E-state index >= 15 is 0 Å². The first kappa shape index (κ1) is 7.95. The minimum absolute atomic E-state index is 0.0826. The zero-order valence-electron chi connectivity index (χ0n) is 4.89. The lowest BCUT2D eigenvalue weighted by Crippen LogP contribution is -2.33. The maximum absolute atomic E-state index is 10.3. The normalized spacial score (nSPS) is 8.00. The molecule has 0 unspecified atom stereocenters. The second-order valence-corrected chi connectivity index (χ2v) is 1.26. The number of rotatable bonds is 3. The molecule has 0 saturated heterocycles. The third-order valence-corrected chi connectivity index (χ3v) is 0.580. The van der Waals surface area contributed by atoms with Crippen LogP contribution < -0.4 is 11.3 Å². The molecular weight excluding hydrogens is 120 g/mol. The summed E-state index contributed by atoms with van der Waals surface area (Å²) in [7, 11) is 0. The number of nitrogens with one attached hydrogen (secondary N) is 1. The van der Waals surface area contributed by atoms with Crippen molar-refractivity contribution in [3.8, 4) is 12.3 Å². The van der Waals surface area contributed by atoms with Crippen molar-refractivity contribution in [2.45, 2.75) is 0 Å². The topological polar surface area (TPSA) is 64.3 Å². The summed E-state index contributed by atoms with van der Waals surface area (Å²) >= 11 is 0. The van der Waals surface area contributed by atoms with Gasteiger partial charge in [0.1, 0.15) is 13.2 Å². The van der Waals surface area contributed by atoms with Crippen LogP contribution in [0.3, 0.4) is 0 Å². The molecule has 0 rings (SSSR count). The van der Waals surface area contributed by atoms with E-state index in [-0.39, 0.29) is 19.1 Å². The van der Waals surface area contributed by atoms with Gasteiger partial charge in [0.05, 0.1) is 0 Å². The fourth-order valence-corrected chi connectivity index (χ4v) is 0.244. The Balaban J connectivity index is 3.09. The van der Waals surface area contributed by atoms with Crippen molar-refractivity contribution in [1.29, 1.82) is 0 Å². The maximum Gasteiger partial charge on any atom is 0.259 e. The highest BCUT2D eigenvalue weighted by Gasteiger charge is 1.93. The van der Waals surface area contributed by atoms with Crippen LogP contribution >= 0.6 is 0 Å². The molecule has 0 saturated carbocycles. The average Bonchev–Trinajstić information content (AvgIpc) is 1.89.